The second-order valence-corrected chi connectivity index (χ2v) is 4.31. The number of aromatic nitrogens is 4. The number of para-hydroxylation sites is 2. The molecule has 0 atom stereocenters. The summed E-state index contributed by atoms with van der Waals surface area (Å²) in [7, 11) is 0. The number of nitrogens with one attached hydrogen (secondary N) is 2. The van der Waals surface area contributed by atoms with E-state index in [0.29, 0.717) is 0 Å². The third-order valence-electron chi connectivity index (χ3n) is 2.90. The van der Waals surface area contributed by atoms with Gasteiger partial charge in [0.25, 0.3) is 0 Å². The van der Waals surface area contributed by atoms with Gasteiger partial charge in [-0.15, -0.1) is 0 Å². The van der Waals surface area contributed by atoms with Gasteiger partial charge in [0.05, 0.1) is 17.2 Å². The van der Waals surface area contributed by atoms with Crippen LogP contribution in [-0.2, 0) is 6.42 Å². The molecule has 0 unspecified atom stereocenters. The van der Waals surface area contributed by atoms with Crippen molar-refractivity contribution in [3.05, 3.63) is 48.7 Å². The molecule has 0 aliphatic heterocycles. The number of benzene rings is 1. The van der Waals surface area contributed by atoms with Gasteiger partial charge in [-0.05, 0) is 18.6 Å². The third-order valence-corrected chi connectivity index (χ3v) is 2.90. The van der Waals surface area contributed by atoms with Crippen LogP contribution in [0.25, 0.3) is 11.0 Å². The number of aromatic amines is 1. The zero-order valence-corrected chi connectivity index (χ0v) is 10.5. The highest BCUT2D eigenvalue weighted by atomic mass is 15.0. The molecular weight excluding hydrogens is 238 g/mol. The quantitative estimate of drug-likeness (QED) is 0.685. The summed E-state index contributed by atoms with van der Waals surface area (Å²) in [5.74, 6) is 1.84. The maximum Gasteiger partial charge on any atom is 0.145 e. The average Bonchev–Trinajstić information content (AvgIpc) is 2.97. The van der Waals surface area contributed by atoms with Crippen LogP contribution in [0.2, 0.25) is 0 Å². The highest BCUT2D eigenvalue weighted by Crippen LogP contribution is 2.11. The lowest BCUT2D eigenvalue weighted by Gasteiger charge is -2.05. The van der Waals surface area contributed by atoms with E-state index in [0.717, 1.165) is 42.1 Å². The lowest BCUT2D eigenvalue weighted by atomic mass is 10.3. The molecule has 19 heavy (non-hydrogen) atoms. The molecule has 0 bridgehead atoms. The van der Waals surface area contributed by atoms with Crippen molar-refractivity contribution in [2.45, 2.75) is 12.8 Å². The standard InChI is InChI=1S/C14H15N5/c1-2-5-12-11(4-1)18-10-14(19-12)15-7-3-6-13-16-8-9-17-13/h1-2,4-5,8-10H,3,6-7H2,(H,15,19)(H,16,17). The lowest BCUT2D eigenvalue weighted by Crippen LogP contribution is -2.05. The van der Waals surface area contributed by atoms with Crippen LogP contribution in [0.15, 0.2) is 42.9 Å². The van der Waals surface area contributed by atoms with Crippen LogP contribution in [0.4, 0.5) is 5.82 Å². The summed E-state index contributed by atoms with van der Waals surface area (Å²) in [6.07, 6.45) is 7.33. The van der Waals surface area contributed by atoms with Crippen LogP contribution in [0.5, 0.6) is 0 Å². The molecular formula is C14H15N5. The zero-order valence-electron chi connectivity index (χ0n) is 10.5. The monoisotopic (exact) mass is 253 g/mol. The van der Waals surface area contributed by atoms with Crippen LogP contribution in [0.1, 0.15) is 12.2 Å². The highest BCUT2D eigenvalue weighted by Gasteiger charge is 1.99. The second-order valence-electron chi connectivity index (χ2n) is 4.31. The summed E-state index contributed by atoms with van der Waals surface area (Å²) in [5.41, 5.74) is 1.84. The van der Waals surface area contributed by atoms with Crippen molar-refractivity contribution < 1.29 is 0 Å². The molecule has 0 saturated heterocycles. The van der Waals surface area contributed by atoms with Crippen molar-refractivity contribution >= 4 is 16.9 Å². The van der Waals surface area contributed by atoms with Gasteiger partial charge in [0, 0.05) is 25.4 Å². The van der Waals surface area contributed by atoms with E-state index in [-0.39, 0.29) is 0 Å². The average molecular weight is 253 g/mol. The Kier molecular flexibility index (Phi) is 3.36. The number of nitrogens with zero attached hydrogens (tertiary/aromatic N) is 3. The van der Waals surface area contributed by atoms with Gasteiger partial charge in [-0.25, -0.2) is 9.97 Å². The molecule has 5 nitrogen and oxygen atoms in total. The fraction of sp³-hybridized carbons (Fsp3) is 0.214. The van der Waals surface area contributed by atoms with E-state index in [2.05, 4.69) is 25.3 Å². The van der Waals surface area contributed by atoms with Crippen molar-refractivity contribution in [3.63, 3.8) is 0 Å². The molecule has 0 amide bonds. The van der Waals surface area contributed by atoms with Crippen LogP contribution in [0.3, 0.4) is 0 Å². The molecule has 1 aromatic carbocycles. The maximum atomic E-state index is 4.51. The summed E-state index contributed by atoms with van der Waals surface area (Å²) >= 11 is 0. The molecule has 3 aromatic rings. The van der Waals surface area contributed by atoms with Crippen molar-refractivity contribution in [1.82, 2.24) is 19.9 Å². The summed E-state index contributed by atoms with van der Waals surface area (Å²) in [6, 6.07) is 7.87. The number of aryl methyl sites for hydroxylation is 1. The summed E-state index contributed by atoms with van der Waals surface area (Å²) in [6.45, 7) is 0.855. The predicted molar refractivity (Wildman–Crippen MR) is 74.9 cm³/mol. The van der Waals surface area contributed by atoms with Gasteiger partial charge in [-0.2, -0.15) is 0 Å². The van der Waals surface area contributed by atoms with E-state index in [9.17, 15) is 0 Å². The van der Waals surface area contributed by atoms with Gasteiger partial charge < -0.3 is 10.3 Å². The third kappa shape index (κ3) is 2.88. The fourth-order valence-corrected chi connectivity index (χ4v) is 1.95. The minimum absolute atomic E-state index is 0.818. The van der Waals surface area contributed by atoms with Crippen LogP contribution in [0, 0.1) is 0 Å². The van der Waals surface area contributed by atoms with Crippen molar-refractivity contribution in [1.29, 1.82) is 0 Å². The molecule has 0 radical (unpaired) electrons. The van der Waals surface area contributed by atoms with E-state index in [4.69, 9.17) is 0 Å². The molecule has 2 heterocycles. The first-order valence-corrected chi connectivity index (χ1v) is 6.36. The smallest absolute Gasteiger partial charge is 0.145 e. The first-order valence-electron chi connectivity index (χ1n) is 6.36. The van der Waals surface area contributed by atoms with Gasteiger partial charge in [-0.1, -0.05) is 12.1 Å². The van der Waals surface area contributed by atoms with Crippen LogP contribution in [-0.4, -0.2) is 26.5 Å². The Morgan fingerprint density at radius 2 is 2.00 bits per heavy atom. The Morgan fingerprint density at radius 3 is 2.84 bits per heavy atom. The summed E-state index contributed by atoms with van der Waals surface area (Å²) in [5, 5.41) is 3.28. The first-order chi connectivity index (χ1) is 9.42. The molecule has 96 valence electrons. The Hall–Kier alpha value is -2.43. The molecule has 2 N–H and O–H groups in total. The van der Waals surface area contributed by atoms with Crippen molar-refractivity contribution in [3.8, 4) is 0 Å². The Morgan fingerprint density at radius 1 is 1.11 bits per heavy atom. The number of rotatable bonds is 5. The number of hydrogen-bond acceptors (Lipinski definition) is 4. The largest absolute Gasteiger partial charge is 0.369 e. The molecule has 2 aromatic heterocycles. The SMILES string of the molecule is c1ccc2nc(NCCCc3ncc[nH]3)cnc2c1. The van der Waals surface area contributed by atoms with E-state index < -0.39 is 0 Å². The van der Waals surface area contributed by atoms with Crippen LogP contribution < -0.4 is 5.32 Å². The number of anilines is 1. The Labute approximate surface area is 111 Å². The second kappa shape index (κ2) is 5.48. The topological polar surface area (TPSA) is 66.5 Å². The summed E-state index contributed by atoms with van der Waals surface area (Å²) < 4.78 is 0. The predicted octanol–water partition coefficient (Wildman–Crippen LogP) is 2.40. The lowest BCUT2D eigenvalue weighted by molar-refractivity contribution is 0.814. The highest BCUT2D eigenvalue weighted by molar-refractivity contribution is 5.75. The normalized spacial score (nSPS) is 10.7. The Bertz CT molecular complexity index is 648. The molecule has 0 aliphatic rings. The van der Waals surface area contributed by atoms with Gasteiger partial charge in [0.2, 0.25) is 0 Å². The molecule has 5 heteroatoms. The van der Waals surface area contributed by atoms with Gasteiger partial charge in [-0.3, -0.25) is 4.98 Å². The zero-order chi connectivity index (χ0) is 12.9. The molecule has 0 aliphatic carbocycles. The van der Waals surface area contributed by atoms with E-state index in [1.54, 1.807) is 12.4 Å². The minimum atomic E-state index is 0.818. The molecule has 0 saturated carbocycles. The first kappa shape index (κ1) is 11.6. The maximum absolute atomic E-state index is 4.51. The van der Waals surface area contributed by atoms with E-state index in [1.165, 1.54) is 0 Å². The number of imidazole rings is 1. The summed E-state index contributed by atoms with van der Waals surface area (Å²) in [4.78, 5) is 16.2. The minimum Gasteiger partial charge on any atom is -0.369 e. The number of fused-ring (bicyclic) bond motifs is 1. The Balaban J connectivity index is 1.56. The fourth-order valence-electron chi connectivity index (χ4n) is 1.95. The van der Waals surface area contributed by atoms with Gasteiger partial charge in [0.1, 0.15) is 11.6 Å². The number of H-pyrrole nitrogens is 1. The molecule has 0 fully saturated rings. The molecule has 3 rings (SSSR count). The van der Waals surface area contributed by atoms with Gasteiger partial charge >= 0.3 is 0 Å². The van der Waals surface area contributed by atoms with E-state index >= 15 is 0 Å². The van der Waals surface area contributed by atoms with Gasteiger partial charge in [0.15, 0.2) is 0 Å². The van der Waals surface area contributed by atoms with Crippen molar-refractivity contribution in [2.24, 2.45) is 0 Å². The van der Waals surface area contributed by atoms with Crippen molar-refractivity contribution in [2.75, 3.05) is 11.9 Å². The number of hydrogen-bond donors (Lipinski definition) is 2. The molecule has 0 spiro atoms. The van der Waals surface area contributed by atoms with E-state index in [1.807, 2.05) is 30.5 Å². The van der Waals surface area contributed by atoms with Crippen LogP contribution >= 0.6 is 0 Å².